The van der Waals surface area contributed by atoms with Gasteiger partial charge in [-0.1, -0.05) is 51.8 Å². The van der Waals surface area contributed by atoms with Gasteiger partial charge in [0.1, 0.15) is 5.75 Å². The maximum Gasteiger partial charge on any atom is 0.119 e. The van der Waals surface area contributed by atoms with Crippen molar-refractivity contribution in [2.45, 2.75) is 45.4 Å². The first-order valence-electron chi connectivity index (χ1n) is 5.36. The summed E-state index contributed by atoms with van der Waals surface area (Å²) >= 11 is 0. The van der Waals surface area contributed by atoms with Crippen LogP contribution in [0.2, 0.25) is 0 Å². The van der Waals surface area contributed by atoms with Gasteiger partial charge >= 0.3 is 0 Å². The summed E-state index contributed by atoms with van der Waals surface area (Å²) < 4.78 is 0. The van der Waals surface area contributed by atoms with Gasteiger partial charge < -0.3 is 5.11 Å². The fourth-order valence-electron chi connectivity index (χ4n) is 1.80. The first-order valence-corrected chi connectivity index (χ1v) is 5.36. The molecule has 0 saturated heterocycles. The van der Waals surface area contributed by atoms with Gasteiger partial charge in [-0.3, -0.25) is 0 Å². The van der Waals surface area contributed by atoms with Crippen LogP contribution in [-0.2, 0) is 5.41 Å². The molecule has 0 heterocycles. The molecule has 0 spiro atoms. The molecule has 78 valence electrons. The van der Waals surface area contributed by atoms with Gasteiger partial charge in [0.15, 0.2) is 0 Å². The second-order valence-corrected chi connectivity index (χ2v) is 4.50. The van der Waals surface area contributed by atoms with Crippen LogP contribution in [0, 0.1) is 0 Å². The number of para-hydroxylation sites is 1. The zero-order chi connectivity index (χ0) is 10.6. The maximum atomic E-state index is 9.75. The van der Waals surface area contributed by atoms with Gasteiger partial charge in [0.05, 0.1) is 0 Å². The van der Waals surface area contributed by atoms with Crippen molar-refractivity contribution in [2.75, 3.05) is 0 Å². The van der Waals surface area contributed by atoms with Crippen molar-refractivity contribution in [2.24, 2.45) is 0 Å². The number of hydrogen-bond acceptors (Lipinski definition) is 1. The van der Waals surface area contributed by atoms with Crippen LogP contribution in [0.5, 0.6) is 5.75 Å². The summed E-state index contributed by atoms with van der Waals surface area (Å²) in [6, 6.07) is 7.64. The Bertz CT molecular complexity index is 289. The fourth-order valence-corrected chi connectivity index (χ4v) is 1.80. The highest BCUT2D eigenvalue weighted by Crippen LogP contribution is 2.34. The standard InChI is InChI=1S/C13H20O/c1-4-5-10-13(2,3)11-8-6-7-9-12(11)14/h6-9,14H,4-5,10H2,1-3H3. The average Bonchev–Trinajstić information content (AvgIpc) is 2.15. The summed E-state index contributed by atoms with van der Waals surface area (Å²) in [6.07, 6.45) is 3.54. The van der Waals surface area contributed by atoms with Crippen LogP contribution >= 0.6 is 0 Å². The summed E-state index contributed by atoms with van der Waals surface area (Å²) in [5, 5.41) is 9.75. The number of aromatic hydroxyl groups is 1. The quantitative estimate of drug-likeness (QED) is 0.768. The Kier molecular flexibility index (Phi) is 3.56. The Morgan fingerprint density at radius 3 is 2.43 bits per heavy atom. The van der Waals surface area contributed by atoms with E-state index in [9.17, 15) is 5.11 Å². The van der Waals surface area contributed by atoms with Crippen LogP contribution in [-0.4, -0.2) is 5.11 Å². The predicted octanol–water partition coefficient (Wildman–Crippen LogP) is 3.86. The molecule has 0 bridgehead atoms. The first kappa shape index (κ1) is 11.1. The Morgan fingerprint density at radius 1 is 1.21 bits per heavy atom. The number of hydrogen-bond donors (Lipinski definition) is 1. The average molecular weight is 192 g/mol. The fraction of sp³-hybridized carbons (Fsp3) is 0.538. The SMILES string of the molecule is CCCCC(C)(C)c1ccccc1O. The summed E-state index contributed by atoms with van der Waals surface area (Å²) in [7, 11) is 0. The lowest BCUT2D eigenvalue weighted by atomic mass is 9.80. The second kappa shape index (κ2) is 4.50. The third-order valence-electron chi connectivity index (χ3n) is 2.79. The molecule has 1 aromatic carbocycles. The minimum Gasteiger partial charge on any atom is -0.508 e. The van der Waals surface area contributed by atoms with Gasteiger partial charge in [0.2, 0.25) is 0 Å². The van der Waals surface area contributed by atoms with E-state index < -0.39 is 0 Å². The molecule has 0 fully saturated rings. The molecule has 14 heavy (non-hydrogen) atoms. The summed E-state index contributed by atoms with van der Waals surface area (Å²) in [5.74, 6) is 0.425. The molecule has 0 unspecified atom stereocenters. The monoisotopic (exact) mass is 192 g/mol. The molecular formula is C13H20O. The molecule has 0 atom stereocenters. The van der Waals surface area contributed by atoms with Crippen molar-refractivity contribution in [1.82, 2.24) is 0 Å². The number of rotatable bonds is 4. The zero-order valence-corrected chi connectivity index (χ0v) is 9.38. The van der Waals surface area contributed by atoms with Crippen LogP contribution < -0.4 is 0 Å². The predicted molar refractivity (Wildman–Crippen MR) is 60.7 cm³/mol. The minimum atomic E-state index is 0.0847. The molecule has 1 heteroatoms. The molecule has 1 nitrogen and oxygen atoms in total. The number of phenolic OH excluding ortho intramolecular Hbond substituents is 1. The van der Waals surface area contributed by atoms with Crippen molar-refractivity contribution in [3.63, 3.8) is 0 Å². The molecule has 0 aromatic heterocycles. The molecule has 0 aliphatic rings. The van der Waals surface area contributed by atoms with E-state index in [1.807, 2.05) is 18.2 Å². The van der Waals surface area contributed by atoms with E-state index in [0.29, 0.717) is 5.75 Å². The number of benzene rings is 1. The minimum absolute atomic E-state index is 0.0847. The van der Waals surface area contributed by atoms with Crippen molar-refractivity contribution >= 4 is 0 Å². The van der Waals surface area contributed by atoms with Gasteiger partial charge in [0, 0.05) is 0 Å². The highest BCUT2D eigenvalue weighted by molar-refractivity contribution is 5.37. The Morgan fingerprint density at radius 2 is 1.86 bits per heavy atom. The van der Waals surface area contributed by atoms with Gasteiger partial charge in [-0.25, -0.2) is 0 Å². The van der Waals surface area contributed by atoms with Crippen LogP contribution in [0.3, 0.4) is 0 Å². The lowest BCUT2D eigenvalue weighted by molar-refractivity contribution is 0.411. The molecule has 0 aliphatic carbocycles. The normalized spacial score (nSPS) is 11.6. The van der Waals surface area contributed by atoms with Crippen molar-refractivity contribution in [3.05, 3.63) is 29.8 Å². The van der Waals surface area contributed by atoms with Crippen molar-refractivity contribution in [3.8, 4) is 5.75 Å². The summed E-state index contributed by atoms with van der Waals surface area (Å²) in [5.41, 5.74) is 1.15. The maximum absolute atomic E-state index is 9.75. The molecule has 1 aromatic rings. The van der Waals surface area contributed by atoms with E-state index in [2.05, 4.69) is 20.8 Å². The first-order chi connectivity index (χ1) is 6.58. The van der Waals surface area contributed by atoms with Crippen LogP contribution in [0.1, 0.15) is 45.6 Å². The van der Waals surface area contributed by atoms with E-state index in [0.717, 1.165) is 12.0 Å². The number of phenols is 1. The van der Waals surface area contributed by atoms with Crippen LogP contribution in [0.15, 0.2) is 24.3 Å². The third kappa shape index (κ3) is 2.50. The van der Waals surface area contributed by atoms with Gasteiger partial charge in [-0.15, -0.1) is 0 Å². The van der Waals surface area contributed by atoms with E-state index in [4.69, 9.17) is 0 Å². The van der Waals surface area contributed by atoms with E-state index in [-0.39, 0.29) is 5.41 Å². The number of unbranched alkanes of at least 4 members (excludes halogenated alkanes) is 1. The van der Waals surface area contributed by atoms with Crippen molar-refractivity contribution in [1.29, 1.82) is 0 Å². The Balaban J connectivity index is 2.86. The molecule has 0 amide bonds. The lowest BCUT2D eigenvalue weighted by Gasteiger charge is -2.25. The Hall–Kier alpha value is -0.980. The highest BCUT2D eigenvalue weighted by Gasteiger charge is 2.22. The highest BCUT2D eigenvalue weighted by atomic mass is 16.3. The van der Waals surface area contributed by atoms with E-state index in [1.165, 1.54) is 12.8 Å². The smallest absolute Gasteiger partial charge is 0.119 e. The van der Waals surface area contributed by atoms with E-state index in [1.54, 1.807) is 6.07 Å². The second-order valence-electron chi connectivity index (χ2n) is 4.50. The lowest BCUT2D eigenvalue weighted by Crippen LogP contribution is -2.16. The van der Waals surface area contributed by atoms with Gasteiger partial charge in [-0.2, -0.15) is 0 Å². The summed E-state index contributed by atoms with van der Waals surface area (Å²) in [6.45, 7) is 6.58. The van der Waals surface area contributed by atoms with Gasteiger partial charge in [0.25, 0.3) is 0 Å². The molecule has 0 radical (unpaired) electrons. The van der Waals surface area contributed by atoms with E-state index >= 15 is 0 Å². The van der Waals surface area contributed by atoms with Crippen molar-refractivity contribution < 1.29 is 5.11 Å². The topological polar surface area (TPSA) is 20.2 Å². The summed E-state index contributed by atoms with van der Waals surface area (Å²) in [4.78, 5) is 0. The Labute approximate surface area is 86.8 Å². The van der Waals surface area contributed by atoms with Gasteiger partial charge in [-0.05, 0) is 23.5 Å². The van der Waals surface area contributed by atoms with Crippen LogP contribution in [0.4, 0.5) is 0 Å². The molecule has 1 rings (SSSR count). The van der Waals surface area contributed by atoms with Crippen LogP contribution in [0.25, 0.3) is 0 Å². The molecule has 0 saturated carbocycles. The molecule has 0 aliphatic heterocycles. The largest absolute Gasteiger partial charge is 0.508 e. The molecular weight excluding hydrogens is 172 g/mol. The molecule has 1 N–H and O–H groups in total. The zero-order valence-electron chi connectivity index (χ0n) is 9.38. The third-order valence-corrected chi connectivity index (χ3v) is 2.79.